The van der Waals surface area contributed by atoms with Gasteiger partial charge in [0, 0.05) is 6.61 Å². The first-order chi connectivity index (χ1) is 10.4. The molecule has 0 aliphatic rings. The lowest BCUT2D eigenvalue weighted by Gasteiger charge is -2.07. The van der Waals surface area contributed by atoms with E-state index < -0.39 is 0 Å². The highest BCUT2D eigenvalue weighted by molar-refractivity contribution is 6.26. The molecule has 0 bridgehead atoms. The Morgan fingerprint density at radius 1 is 0.571 bits per heavy atom. The van der Waals surface area contributed by atoms with Crippen molar-refractivity contribution in [2.45, 2.75) is 39.2 Å². The Morgan fingerprint density at radius 3 is 1.52 bits per heavy atom. The Hall–Kier alpha value is 0.0169. The minimum Gasteiger partial charge on any atom is -0.415 e. The Labute approximate surface area is 132 Å². The summed E-state index contributed by atoms with van der Waals surface area (Å²) < 4.78 is 27.0. The number of hydrogen-bond donors (Lipinski definition) is 0. The normalized spacial score (nSPS) is 11.1. The molecular weight excluding hydrogens is 288 g/mol. The van der Waals surface area contributed by atoms with Gasteiger partial charge in [-0.25, -0.2) is 0 Å². The van der Waals surface area contributed by atoms with Gasteiger partial charge >= 0.3 is 0 Å². The summed E-state index contributed by atoms with van der Waals surface area (Å²) in [4.78, 5) is 0. The van der Waals surface area contributed by atoms with Crippen molar-refractivity contribution in [1.82, 2.24) is 0 Å². The molecule has 0 aromatic rings. The SMILES string of the molecule is CCCCOCCOCCOCCOCCO[Si]CCC. The lowest BCUT2D eigenvalue weighted by molar-refractivity contribution is -0.00471. The second kappa shape index (κ2) is 20.0. The molecule has 0 aliphatic carbocycles. The maximum absolute atomic E-state index is 5.41. The summed E-state index contributed by atoms with van der Waals surface area (Å²) in [5.41, 5.74) is 0. The molecule has 0 rings (SSSR count). The van der Waals surface area contributed by atoms with Crippen molar-refractivity contribution in [3.05, 3.63) is 0 Å². The molecule has 0 N–H and O–H groups in total. The smallest absolute Gasteiger partial charge is 0.229 e. The lowest BCUT2D eigenvalue weighted by atomic mass is 10.4. The van der Waals surface area contributed by atoms with E-state index in [1.165, 1.54) is 12.8 Å². The molecule has 2 radical (unpaired) electrons. The van der Waals surface area contributed by atoms with Gasteiger partial charge in [0.25, 0.3) is 0 Å². The summed E-state index contributed by atoms with van der Waals surface area (Å²) in [5.74, 6) is 0. The van der Waals surface area contributed by atoms with Crippen LogP contribution in [0.1, 0.15) is 33.1 Å². The molecule has 0 saturated heterocycles. The third kappa shape index (κ3) is 20.0. The standard InChI is InChI=1S/C15H32O5Si/c1-3-5-6-16-7-8-17-9-10-18-11-12-19-13-14-20-21-15-4-2/h3-15H2,1-2H3. The number of rotatable bonds is 18. The minimum atomic E-state index is 0.604. The van der Waals surface area contributed by atoms with Crippen molar-refractivity contribution in [3.8, 4) is 0 Å². The highest BCUT2D eigenvalue weighted by Gasteiger charge is 1.93. The van der Waals surface area contributed by atoms with E-state index in [9.17, 15) is 0 Å². The van der Waals surface area contributed by atoms with Crippen LogP contribution in [0.3, 0.4) is 0 Å². The molecular formula is C15H32O5Si. The van der Waals surface area contributed by atoms with Crippen LogP contribution in [0, 0.1) is 0 Å². The summed E-state index contributed by atoms with van der Waals surface area (Å²) in [6.07, 6.45) is 3.47. The van der Waals surface area contributed by atoms with E-state index in [-0.39, 0.29) is 0 Å². The summed E-state index contributed by atoms with van der Waals surface area (Å²) >= 11 is 0. The largest absolute Gasteiger partial charge is 0.415 e. The van der Waals surface area contributed by atoms with Gasteiger partial charge in [0.1, 0.15) is 0 Å². The molecule has 0 spiro atoms. The van der Waals surface area contributed by atoms with Gasteiger partial charge in [-0.15, -0.1) is 0 Å². The Bertz CT molecular complexity index is 165. The van der Waals surface area contributed by atoms with E-state index in [2.05, 4.69) is 13.8 Å². The fourth-order valence-corrected chi connectivity index (χ4v) is 1.93. The second-order valence-electron chi connectivity index (χ2n) is 4.55. The first-order valence-electron chi connectivity index (χ1n) is 8.07. The fourth-order valence-electron chi connectivity index (χ4n) is 1.36. The van der Waals surface area contributed by atoms with Crippen LogP contribution in [0.15, 0.2) is 0 Å². The molecule has 0 atom stereocenters. The first kappa shape index (κ1) is 21.0. The summed E-state index contributed by atoms with van der Waals surface area (Å²) in [6, 6.07) is 1.15. The molecule has 0 unspecified atom stereocenters. The quantitative estimate of drug-likeness (QED) is 0.286. The van der Waals surface area contributed by atoms with Crippen molar-refractivity contribution >= 4 is 9.76 Å². The predicted octanol–water partition coefficient (Wildman–Crippen LogP) is 2.32. The molecule has 0 fully saturated rings. The fraction of sp³-hybridized carbons (Fsp3) is 1.00. The van der Waals surface area contributed by atoms with Crippen LogP contribution in [-0.2, 0) is 23.4 Å². The maximum Gasteiger partial charge on any atom is 0.229 e. The molecule has 0 aliphatic heterocycles. The minimum absolute atomic E-state index is 0.604. The monoisotopic (exact) mass is 320 g/mol. The van der Waals surface area contributed by atoms with Crippen molar-refractivity contribution < 1.29 is 23.4 Å². The molecule has 0 aromatic carbocycles. The average molecular weight is 321 g/mol. The first-order valence-corrected chi connectivity index (χ1v) is 9.19. The van der Waals surface area contributed by atoms with Gasteiger partial charge in [-0.05, 0) is 12.5 Å². The Kier molecular flexibility index (Phi) is 20.0. The second-order valence-corrected chi connectivity index (χ2v) is 5.62. The molecule has 5 nitrogen and oxygen atoms in total. The van der Waals surface area contributed by atoms with E-state index in [1.54, 1.807) is 0 Å². The molecule has 0 saturated carbocycles. The van der Waals surface area contributed by atoms with Crippen molar-refractivity contribution in [2.75, 3.05) is 59.5 Å². The van der Waals surface area contributed by atoms with Crippen molar-refractivity contribution in [3.63, 3.8) is 0 Å². The molecule has 0 aromatic heterocycles. The Balaban J connectivity index is 2.90. The van der Waals surface area contributed by atoms with Crippen LogP contribution in [0.4, 0.5) is 0 Å². The van der Waals surface area contributed by atoms with E-state index in [1.807, 2.05) is 0 Å². The van der Waals surface area contributed by atoms with Gasteiger partial charge in [0.2, 0.25) is 9.76 Å². The topological polar surface area (TPSA) is 46.2 Å². The average Bonchev–Trinajstić information content (AvgIpc) is 2.50. The lowest BCUT2D eigenvalue weighted by Crippen LogP contribution is -2.13. The van der Waals surface area contributed by atoms with Crippen LogP contribution < -0.4 is 0 Å². The zero-order valence-electron chi connectivity index (χ0n) is 13.7. The Morgan fingerprint density at radius 2 is 1.05 bits per heavy atom. The highest BCUT2D eigenvalue weighted by atomic mass is 28.2. The van der Waals surface area contributed by atoms with Crippen LogP contribution in [-0.4, -0.2) is 69.2 Å². The van der Waals surface area contributed by atoms with Crippen LogP contribution in [0.25, 0.3) is 0 Å². The van der Waals surface area contributed by atoms with E-state index in [0.29, 0.717) is 62.6 Å². The summed E-state index contributed by atoms with van der Waals surface area (Å²) in [7, 11) is 0.605. The van der Waals surface area contributed by atoms with Crippen molar-refractivity contribution in [1.29, 1.82) is 0 Å². The molecule has 0 amide bonds. The summed E-state index contributed by atoms with van der Waals surface area (Å²) in [5, 5.41) is 0. The third-order valence-electron chi connectivity index (χ3n) is 2.54. The van der Waals surface area contributed by atoms with Crippen LogP contribution in [0.5, 0.6) is 0 Å². The van der Waals surface area contributed by atoms with Gasteiger partial charge in [0.15, 0.2) is 0 Å². The van der Waals surface area contributed by atoms with Crippen LogP contribution >= 0.6 is 0 Å². The van der Waals surface area contributed by atoms with Gasteiger partial charge in [-0.2, -0.15) is 0 Å². The van der Waals surface area contributed by atoms with E-state index in [0.717, 1.165) is 19.1 Å². The highest BCUT2D eigenvalue weighted by Crippen LogP contribution is 1.89. The number of unbranched alkanes of at least 4 members (excludes halogenated alkanes) is 1. The van der Waals surface area contributed by atoms with Crippen LogP contribution in [0.2, 0.25) is 6.04 Å². The van der Waals surface area contributed by atoms with Gasteiger partial charge in [-0.3, -0.25) is 0 Å². The third-order valence-corrected chi connectivity index (χ3v) is 3.65. The molecule has 6 heteroatoms. The van der Waals surface area contributed by atoms with E-state index >= 15 is 0 Å². The van der Waals surface area contributed by atoms with Gasteiger partial charge in [-0.1, -0.05) is 26.7 Å². The zero-order chi connectivity index (χ0) is 15.4. The number of ether oxygens (including phenoxy) is 4. The van der Waals surface area contributed by atoms with Crippen molar-refractivity contribution in [2.24, 2.45) is 0 Å². The molecule has 126 valence electrons. The molecule has 21 heavy (non-hydrogen) atoms. The molecule has 0 heterocycles. The zero-order valence-corrected chi connectivity index (χ0v) is 14.7. The van der Waals surface area contributed by atoms with E-state index in [4.69, 9.17) is 23.4 Å². The van der Waals surface area contributed by atoms with Gasteiger partial charge in [0.05, 0.1) is 52.9 Å². The van der Waals surface area contributed by atoms with Gasteiger partial charge < -0.3 is 23.4 Å². The predicted molar refractivity (Wildman–Crippen MR) is 85.0 cm³/mol. The maximum atomic E-state index is 5.41. The summed E-state index contributed by atoms with van der Waals surface area (Å²) in [6.45, 7) is 10.2. The number of hydrogen-bond acceptors (Lipinski definition) is 5.